The molecule has 1 aliphatic carbocycles. The first-order valence-electron chi connectivity index (χ1n) is 10.2. The number of hydrazone groups is 1. The maximum absolute atomic E-state index is 13.8. The van der Waals surface area contributed by atoms with Crippen LogP contribution >= 0.6 is 0 Å². The molecule has 0 aromatic heterocycles. The standard InChI is InChI=1S/C23H28N4O2/c1-17-12-14-18(15-13-17)21-22(2,3)27(29)23(26(21)28)16-8-7-11-20(23)25-24-19-9-5-4-6-10-19/h4-6,9-10,12-15,24,29H,7-8,11,16H2,1-3H3/b25-20-/t23-/m1/s1. The van der Waals surface area contributed by atoms with E-state index in [-0.39, 0.29) is 0 Å². The number of hydrogen-bond donors (Lipinski definition) is 2. The predicted molar refractivity (Wildman–Crippen MR) is 115 cm³/mol. The van der Waals surface area contributed by atoms with Crippen molar-refractivity contribution in [3.8, 4) is 0 Å². The zero-order valence-electron chi connectivity index (χ0n) is 17.2. The maximum Gasteiger partial charge on any atom is 0.292 e. The Balaban J connectivity index is 1.81. The van der Waals surface area contributed by atoms with Crippen LogP contribution in [0.3, 0.4) is 0 Å². The third-order valence-corrected chi connectivity index (χ3v) is 6.07. The lowest BCUT2D eigenvalue weighted by atomic mass is 9.86. The van der Waals surface area contributed by atoms with Crippen molar-refractivity contribution in [2.24, 2.45) is 5.10 Å². The van der Waals surface area contributed by atoms with Gasteiger partial charge in [-0.05, 0) is 64.3 Å². The summed E-state index contributed by atoms with van der Waals surface area (Å²) in [6.45, 7) is 5.79. The highest BCUT2D eigenvalue weighted by Gasteiger charge is 2.65. The van der Waals surface area contributed by atoms with Gasteiger partial charge in [0.05, 0.1) is 5.69 Å². The van der Waals surface area contributed by atoms with Gasteiger partial charge in [-0.2, -0.15) is 9.84 Å². The molecule has 1 atom stereocenters. The molecule has 6 nitrogen and oxygen atoms in total. The monoisotopic (exact) mass is 392 g/mol. The molecule has 1 saturated carbocycles. The fraction of sp³-hybridized carbons (Fsp3) is 0.391. The molecular formula is C23H28N4O2. The van der Waals surface area contributed by atoms with E-state index in [1.807, 2.05) is 75.4 Å². The molecule has 2 aromatic carbocycles. The fourth-order valence-electron chi connectivity index (χ4n) is 4.51. The van der Waals surface area contributed by atoms with E-state index in [1.165, 1.54) is 5.06 Å². The zero-order valence-corrected chi connectivity index (χ0v) is 17.2. The molecule has 152 valence electrons. The van der Waals surface area contributed by atoms with Crippen molar-refractivity contribution in [2.75, 3.05) is 5.43 Å². The third-order valence-electron chi connectivity index (χ3n) is 6.07. The lowest BCUT2D eigenvalue weighted by Gasteiger charge is -2.38. The van der Waals surface area contributed by atoms with Gasteiger partial charge in [0.2, 0.25) is 5.71 Å². The van der Waals surface area contributed by atoms with Crippen LogP contribution in [0.15, 0.2) is 59.7 Å². The smallest absolute Gasteiger partial charge is 0.292 e. The molecule has 2 aromatic rings. The minimum Gasteiger partial charge on any atom is -0.622 e. The van der Waals surface area contributed by atoms with Gasteiger partial charge < -0.3 is 10.4 Å². The van der Waals surface area contributed by atoms with Gasteiger partial charge in [-0.1, -0.05) is 35.9 Å². The number of para-hydroxylation sites is 1. The van der Waals surface area contributed by atoms with E-state index in [4.69, 9.17) is 0 Å². The Morgan fingerprint density at radius 3 is 2.45 bits per heavy atom. The fourth-order valence-corrected chi connectivity index (χ4v) is 4.51. The molecule has 1 aliphatic heterocycles. The predicted octanol–water partition coefficient (Wildman–Crippen LogP) is 4.52. The quantitative estimate of drug-likeness (QED) is 0.458. The van der Waals surface area contributed by atoms with Crippen molar-refractivity contribution < 1.29 is 9.95 Å². The molecule has 6 heteroatoms. The lowest BCUT2D eigenvalue weighted by molar-refractivity contribution is -0.568. The van der Waals surface area contributed by atoms with Gasteiger partial charge in [0, 0.05) is 12.0 Å². The number of hydroxylamine groups is 3. The minimum absolute atomic E-state index is 0.529. The molecule has 0 amide bonds. The van der Waals surface area contributed by atoms with Crippen LogP contribution in [0, 0.1) is 12.1 Å². The van der Waals surface area contributed by atoms with E-state index >= 15 is 0 Å². The number of hydrogen-bond acceptors (Lipinski definition) is 5. The largest absolute Gasteiger partial charge is 0.622 e. The topological polar surface area (TPSA) is 73.9 Å². The van der Waals surface area contributed by atoms with Crippen LogP contribution in [0.2, 0.25) is 0 Å². The Kier molecular flexibility index (Phi) is 4.92. The van der Waals surface area contributed by atoms with Crippen molar-refractivity contribution >= 4 is 17.1 Å². The van der Waals surface area contributed by atoms with Crippen molar-refractivity contribution in [2.45, 2.75) is 57.7 Å². The van der Waals surface area contributed by atoms with Crippen LogP contribution in [0.4, 0.5) is 5.69 Å². The zero-order chi connectivity index (χ0) is 20.6. The van der Waals surface area contributed by atoms with Crippen LogP contribution < -0.4 is 5.43 Å². The van der Waals surface area contributed by atoms with Crippen molar-refractivity contribution in [3.05, 3.63) is 70.9 Å². The number of anilines is 1. The van der Waals surface area contributed by atoms with E-state index in [9.17, 15) is 10.4 Å². The van der Waals surface area contributed by atoms with E-state index in [2.05, 4.69) is 10.5 Å². The Labute approximate surface area is 171 Å². The molecule has 0 radical (unpaired) electrons. The summed E-state index contributed by atoms with van der Waals surface area (Å²) in [5.74, 6) is 0. The summed E-state index contributed by atoms with van der Waals surface area (Å²) >= 11 is 0. The Bertz CT molecular complexity index is 951. The molecule has 2 aliphatic rings. The van der Waals surface area contributed by atoms with Crippen molar-refractivity contribution in [1.29, 1.82) is 0 Å². The number of nitrogens with zero attached hydrogens (tertiary/aromatic N) is 3. The summed E-state index contributed by atoms with van der Waals surface area (Å²) in [6, 6.07) is 17.5. The number of rotatable bonds is 3. The molecule has 0 unspecified atom stereocenters. The van der Waals surface area contributed by atoms with Gasteiger partial charge in [-0.25, -0.2) is 0 Å². The lowest BCUT2D eigenvalue weighted by Crippen LogP contribution is -2.61. The summed E-state index contributed by atoms with van der Waals surface area (Å²) < 4.78 is 1.00. The van der Waals surface area contributed by atoms with Gasteiger partial charge in [-0.15, -0.1) is 5.06 Å². The minimum atomic E-state index is -1.19. The number of aryl methyl sites for hydroxylation is 1. The van der Waals surface area contributed by atoms with E-state index in [1.54, 1.807) is 0 Å². The normalized spacial score (nSPS) is 25.7. The average molecular weight is 393 g/mol. The molecule has 1 fully saturated rings. The second-order valence-electron chi connectivity index (χ2n) is 8.44. The van der Waals surface area contributed by atoms with Crippen molar-refractivity contribution in [3.63, 3.8) is 0 Å². The van der Waals surface area contributed by atoms with E-state index in [0.717, 1.165) is 34.4 Å². The Morgan fingerprint density at radius 1 is 1.07 bits per heavy atom. The summed E-state index contributed by atoms with van der Waals surface area (Å²) in [6.07, 6.45) is 2.99. The molecule has 0 bridgehead atoms. The van der Waals surface area contributed by atoms with Crippen LogP contribution in [0.25, 0.3) is 0 Å². The number of nitrogens with one attached hydrogen (secondary N) is 1. The molecular weight excluding hydrogens is 364 g/mol. The van der Waals surface area contributed by atoms with Crippen LogP contribution in [-0.4, -0.2) is 37.6 Å². The third kappa shape index (κ3) is 3.12. The first-order chi connectivity index (χ1) is 13.9. The molecule has 2 N–H and O–H groups in total. The maximum atomic E-state index is 13.8. The molecule has 29 heavy (non-hydrogen) atoms. The van der Waals surface area contributed by atoms with Crippen LogP contribution in [0.1, 0.15) is 50.7 Å². The van der Waals surface area contributed by atoms with Crippen LogP contribution in [0.5, 0.6) is 0 Å². The number of benzene rings is 2. The van der Waals surface area contributed by atoms with E-state index < -0.39 is 11.2 Å². The van der Waals surface area contributed by atoms with Gasteiger partial charge >= 0.3 is 0 Å². The summed E-state index contributed by atoms with van der Waals surface area (Å²) in [5.41, 5.74) is 5.07. The highest BCUT2D eigenvalue weighted by atomic mass is 16.6. The Hall–Kier alpha value is -2.70. The van der Waals surface area contributed by atoms with Gasteiger partial charge in [-0.3, -0.25) is 5.43 Å². The second-order valence-corrected chi connectivity index (χ2v) is 8.44. The first kappa shape index (κ1) is 19.6. The van der Waals surface area contributed by atoms with Gasteiger partial charge in [0.25, 0.3) is 5.66 Å². The van der Waals surface area contributed by atoms with Crippen molar-refractivity contribution in [1.82, 2.24) is 5.06 Å². The molecule has 4 rings (SSSR count). The van der Waals surface area contributed by atoms with Gasteiger partial charge in [0.15, 0.2) is 0 Å². The molecule has 0 saturated heterocycles. The highest BCUT2D eigenvalue weighted by molar-refractivity contribution is 6.07. The summed E-state index contributed by atoms with van der Waals surface area (Å²) in [4.78, 5) is 0. The SMILES string of the molecule is Cc1ccc(C2=[N+]([O-])[C@]3(CCCC/C3=N/Nc3ccccc3)N(O)C2(C)C)cc1. The van der Waals surface area contributed by atoms with Crippen LogP contribution in [-0.2, 0) is 0 Å². The first-order valence-corrected chi connectivity index (χ1v) is 10.2. The average Bonchev–Trinajstić information content (AvgIpc) is 2.87. The van der Waals surface area contributed by atoms with Gasteiger partial charge in [0.1, 0.15) is 11.3 Å². The molecule has 1 heterocycles. The second kappa shape index (κ2) is 7.28. The molecule has 1 spiro atoms. The Morgan fingerprint density at radius 2 is 1.76 bits per heavy atom. The highest BCUT2D eigenvalue weighted by Crippen LogP contribution is 2.42. The summed E-state index contributed by atoms with van der Waals surface area (Å²) in [7, 11) is 0. The summed E-state index contributed by atoms with van der Waals surface area (Å²) in [5, 5.41) is 30.9. The van der Waals surface area contributed by atoms with E-state index in [0.29, 0.717) is 24.3 Å².